The van der Waals surface area contributed by atoms with Crippen LogP contribution >= 0.6 is 23.2 Å². The first-order valence-corrected chi connectivity index (χ1v) is 10.7. The number of nitrogens with zero attached hydrogens (tertiary/aromatic N) is 4. The third-order valence-electron chi connectivity index (χ3n) is 5.61. The van der Waals surface area contributed by atoms with Gasteiger partial charge in [0.1, 0.15) is 5.82 Å². The third-order valence-corrected chi connectivity index (χ3v) is 6.07. The maximum absolute atomic E-state index is 13.0. The van der Waals surface area contributed by atoms with Crippen LogP contribution in [0, 0.1) is 11.3 Å². The summed E-state index contributed by atoms with van der Waals surface area (Å²) in [6.07, 6.45) is 3.97. The van der Waals surface area contributed by atoms with E-state index in [1.165, 1.54) is 6.20 Å². The van der Waals surface area contributed by atoms with Gasteiger partial charge in [-0.15, -0.1) is 0 Å². The Kier molecular flexibility index (Phi) is 7.54. The Morgan fingerprint density at radius 3 is 2.63 bits per heavy atom. The fourth-order valence-electron chi connectivity index (χ4n) is 3.80. The van der Waals surface area contributed by atoms with Crippen LogP contribution in [0.15, 0.2) is 36.5 Å². The molecule has 158 valence electrons. The summed E-state index contributed by atoms with van der Waals surface area (Å²) in [6.45, 7) is 3.96. The molecule has 1 N–H and O–H groups in total. The van der Waals surface area contributed by atoms with Crippen molar-refractivity contribution in [1.29, 1.82) is 5.26 Å². The summed E-state index contributed by atoms with van der Waals surface area (Å²) in [5, 5.41) is 12.8. The second kappa shape index (κ2) is 10.1. The van der Waals surface area contributed by atoms with Crippen molar-refractivity contribution < 1.29 is 4.79 Å². The Morgan fingerprint density at radius 1 is 1.30 bits per heavy atom. The molecular weight excluding hydrogens is 421 g/mol. The maximum atomic E-state index is 13.0. The molecule has 1 amide bonds. The molecule has 6 nitrogen and oxygen atoms in total. The summed E-state index contributed by atoms with van der Waals surface area (Å²) in [5.74, 6) is 0.159. The molecule has 1 saturated heterocycles. The lowest BCUT2D eigenvalue weighted by Crippen LogP contribution is -2.46. The molecule has 1 fully saturated rings. The van der Waals surface area contributed by atoms with Crippen molar-refractivity contribution in [3.05, 3.63) is 52.1 Å². The number of anilines is 2. The SMILES string of the molecule is CC(CC#N)N1CCC(N(C)c2ccc(Cl)cc2C(=O)Nc2ccc(Cl)cn2)CC1. The van der Waals surface area contributed by atoms with Gasteiger partial charge in [0.15, 0.2) is 0 Å². The van der Waals surface area contributed by atoms with Crippen molar-refractivity contribution in [3.63, 3.8) is 0 Å². The number of rotatable bonds is 6. The Labute approximate surface area is 187 Å². The van der Waals surface area contributed by atoms with E-state index in [1.807, 2.05) is 13.1 Å². The molecule has 0 bridgehead atoms. The number of likely N-dealkylation sites (tertiary alicyclic amines) is 1. The van der Waals surface area contributed by atoms with Crippen molar-refractivity contribution in [1.82, 2.24) is 9.88 Å². The summed E-state index contributed by atoms with van der Waals surface area (Å²) in [5.41, 5.74) is 1.33. The van der Waals surface area contributed by atoms with Gasteiger partial charge in [0.2, 0.25) is 0 Å². The molecule has 2 aromatic rings. The number of benzene rings is 1. The summed E-state index contributed by atoms with van der Waals surface area (Å²) in [7, 11) is 2.01. The Morgan fingerprint density at radius 2 is 2.00 bits per heavy atom. The van der Waals surface area contributed by atoms with Crippen LogP contribution in [-0.2, 0) is 0 Å². The van der Waals surface area contributed by atoms with E-state index in [0.717, 1.165) is 31.6 Å². The number of piperidine rings is 1. The number of hydrogen-bond donors (Lipinski definition) is 1. The van der Waals surface area contributed by atoms with Gasteiger partial charge in [0.05, 0.1) is 23.1 Å². The van der Waals surface area contributed by atoms with E-state index in [2.05, 4.69) is 33.1 Å². The number of nitrogens with one attached hydrogen (secondary N) is 1. The Hall–Kier alpha value is -2.33. The molecular formula is C22H25Cl2N5O. The van der Waals surface area contributed by atoms with Crippen molar-refractivity contribution in [2.75, 3.05) is 30.4 Å². The van der Waals surface area contributed by atoms with Gasteiger partial charge >= 0.3 is 0 Å². The first-order valence-electron chi connectivity index (χ1n) is 9.95. The van der Waals surface area contributed by atoms with E-state index in [9.17, 15) is 4.79 Å². The van der Waals surface area contributed by atoms with Gasteiger partial charge in [0.25, 0.3) is 5.91 Å². The van der Waals surface area contributed by atoms with Gasteiger partial charge in [-0.25, -0.2) is 4.98 Å². The Balaban J connectivity index is 1.74. The van der Waals surface area contributed by atoms with Crippen LogP contribution in [0.4, 0.5) is 11.5 Å². The highest BCUT2D eigenvalue weighted by molar-refractivity contribution is 6.31. The van der Waals surface area contributed by atoms with Crippen molar-refractivity contribution in [2.24, 2.45) is 0 Å². The molecule has 30 heavy (non-hydrogen) atoms. The highest BCUT2D eigenvalue weighted by Gasteiger charge is 2.27. The second-order valence-corrected chi connectivity index (χ2v) is 8.44. The number of halogens is 2. The van der Waals surface area contributed by atoms with E-state index in [0.29, 0.717) is 33.9 Å². The molecule has 0 spiro atoms. The van der Waals surface area contributed by atoms with Gasteiger partial charge in [-0.3, -0.25) is 9.69 Å². The average Bonchev–Trinajstić information content (AvgIpc) is 2.75. The molecule has 0 aliphatic carbocycles. The van der Waals surface area contributed by atoms with Crippen LogP contribution in [0.3, 0.4) is 0 Å². The lowest BCUT2D eigenvalue weighted by atomic mass is 9.99. The molecule has 1 atom stereocenters. The second-order valence-electron chi connectivity index (χ2n) is 7.57. The zero-order chi connectivity index (χ0) is 21.7. The molecule has 3 rings (SSSR count). The van der Waals surface area contributed by atoms with E-state index in [4.69, 9.17) is 28.5 Å². The van der Waals surface area contributed by atoms with Crippen LogP contribution in [0.1, 0.15) is 36.5 Å². The normalized spacial score (nSPS) is 16.0. The third kappa shape index (κ3) is 5.42. The fourth-order valence-corrected chi connectivity index (χ4v) is 4.09. The average molecular weight is 446 g/mol. The molecule has 8 heteroatoms. The van der Waals surface area contributed by atoms with Crippen molar-refractivity contribution in [2.45, 2.75) is 38.3 Å². The topological polar surface area (TPSA) is 72.3 Å². The van der Waals surface area contributed by atoms with E-state index in [1.54, 1.807) is 24.3 Å². The van der Waals surface area contributed by atoms with E-state index in [-0.39, 0.29) is 11.9 Å². The molecule has 1 aromatic heterocycles. The van der Waals surface area contributed by atoms with Gasteiger partial charge < -0.3 is 10.2 Å². The zero-order valence-corrected chi connectivity index (χ0v) is 18.6. The van der Waals surface area contributed by atoms with Gasteiger partial charge in [0, 0.05) is 49.1 Å². The standard InChI is InChI=1S/C22H25Cl2N5O/c1-15(7-10-25)29-11-8-18(9-12-29)28(2)20-5-3-16(23)13-19(20)22(30)27-21-6-4-17(24)14-26-21/h3-6,13-15,18H,7-9,11-12H2,1-2H3,(H,26,27,30). The summed E-state index contributed by atoms with van der Waals surface area (Å²) < 4.78 is 0. The lowest BCUT2D eigenvalue weighted by Gasteiger charge is -2.40. The fraction of sp³-hybridized carbons (Fsp3) is 0.409. The minimum Gasteiger partial charge on any atom is -0.371 e. The molecule has 1 unspecified atom stereocenters. The van der Waals surface area contributed by atoms with Crippen LogP contribution in [0.2, 0.25) is 10.0 Å². The number of carbonyl (C=O) groups is 1. The predicted octanol–water partition coefficient (Wildman–Crippen LogP) is 4.84. The number of hydrogen-bond acceptors (Lipinski definition) is 5. The first kappa shape index (κ1) is 22.4. The van der Waals surface area contributed by atoms with Crippen LogP contribution in [0.5, 0.6) is 0 Å². The zero-order valence-electron chi connectivity index (χ0n) is 17.1. The maximum Gasteiger partial charge on any atom is 0.258 e. The van der Waals surface area contributed by atoms with Crippen molar-refractivity contribution >= 4 is 40.6 Å². The predicted molar refractivity (Wildman–Crippen MR) is 121 cm³/mol. The summed E-state index contributed by atoms with van der Waals surface area (Å²) in [4.78, 5) is 21.6. The van der Waals surface area contributed by atoms with Crippen LogP contribution < -0.4 is 10.2 Å². The number of pyridine rings is 1. The number of carbonyl (C=O) groups excluding carboxylic acids is 1. The van der Waals surface area contributed by atoms with Crippen LogP contribution in [-0.4, -0.2) is 48.0 Å². The monoisotopic (exact) mass is 445 g/mol. The van der Waals surface area contributed by atoms with Crippen LogP contribution in [0.25, 0.3) is 0 Å². The number of amides is 1. The van der Waals surface area contributed by atoms with Gasteiger partial charge in [-0.05, 0) is 50.1 Å². The summed E-state index contributed by atoms with van der Waals surface area (Å²) in [6, 6.07) is 11.5. The van der Waals surface area contributed by atoms with Crippen molar-refractivity contribution in [3.8, 4) is 6.07 Å². The smallest absolute Gasteiger partial charge is 0.258 e. The van der Waals surface area contributed by atoms with E-state index >= 15 is 0 Å². The quantitative estimate of drug-likeness (QED) is 0.687. The Bertz CT molecular complexity index is 920. The highest BCUT2D eigenvalue weighted by atomic mass is 35.5. The molecule has 2 heterocycles. The minimum absolute atomic E-state index is 0.269. The molecule has 1 aliphatic heterocycles. The van der Waals surface area contributed by atoms with Gasteiger partial charge in [-0.2, -0.15) is 5.26 Å². The lowest BCUT2D eigenvalue weighted by molar-refractivity contribution is 0.102. The molecule has 1 aliphatic rings. The molecule has 0 saturated carbocycles. The first-order chi connectivity index (χ1) is 14.4. The van der Waals surface area contributed by atoms with Gasteiger partial charge in [-0.1, -0.05) is 23.2 Å². The minimum atomic E-state index is -0.269. The summed E-state index contributed by atoms with van der Waals surface area (Å²) >= 11 is 12.1. The number of aromatic nitrogens is 1. The molecule has 1 aromatic carbocycles. The number of nitriles is 1. The van der Waals surface area contributed by atoms with E-state index < -0.39 is 0 Å². The largest absolute Gasteiger partial charge is 0.371 e. The highest BCUT2D eigenvalue weighted by Crippen LogP contribution is 2.29. The molecule has 0 radical (unpaired) electrons.